The molecule has 0 bridgehead atoms. The van der Waals surface area contributed by atoms with Gasteiger partial charge in [-0.1, -0.05) is 18.2 Å². The van der Waals surface area contributed by atoms with Gasteiger partial charge in [-0.2, -0.15) is 0 Å². The molecule has 0 atom stereocenters. The van der Waals surface area contributed by atoms with Crippen LogP contribution in [0.25, 0.3) is 15.9 Å². The van der Waals surface area contributed by atoms with Gasteiger partial charge >= 0.3 is 0 Å². The van der Waals surface area contributed by atoms with Crippen LogP contribution in [0.4, 0.5) is 0 Å². The van der Waals surface area contributed by atoms with Crippen LogP contribution in [0.3, 0.4) is 0 Å². The monoisotopic (exact) mass is 394 g/mol. The molecule has 0 fully saturated rings. The topological polar surface area (TPSA) is 68.9 Å². The number of para-hydroxylation sites is 1. The summed E-state index contributed by atoms with van der Waals surface area (Å²) in [6.45, 7) is 9.53. The Labute approximate surface area is 167 Å². The first-order chi connectivity index (χ1) is 13.3. The van der Waals surface area contributed by atoms with Crippen LogP contribution in [-0.4, -0.2) is 25.1 Å². The number of nitrogens with zero attached hydrogens (tertiary/aromatic N) is 4. The van der Waals surface area contributed by atoms with Crippen molar-refractivity contribution in [3.8, 4) is 5.75 Å². The van der Waals surface area contributed by atoms with Gasteiger partial charge in [0.2, 0.25) is 0 Å². The van der Waals surface area contributed by atoms with E-state index in [1.54, 1.807) is 22.2 Å². The molecule has 1 aliphatic heterocycles. The van der Waals surface area contributed by atoms with Gasteiger partial charge in [-0.25, -0.2) is 14.5 Å². The average Bonchev–Trinajstić information content (AvgIpc) is 3.20. The Kier molecular flexibility index (Phi) is 3.76. The fourth-order valence-corrected chi connectivity index (χ4v) is 5.69. The highest BCUT2D eigenvalue weighted by atomic mass is 32.1. The van der Waals surface area contributed by atoms with Gasteiger partial charge in [0.05, 0.1) is 15.8 Å². The van der Waals surface area contributed by atoms with E-state index in [1.165, 1.54) is 10.4 Å². The Bertz CT molecular complexity index is 1180. The minimum Gasteiger partial charge on any atom is -0.486 e. The van der Waals surface area contributed by atoms with Crippen LogP contribution in [0.15, 0.2) is 36.7 Å². The summed E-state index contributed by atoms with van der Waals surface area (Å²) >= 11 is 1.79. The summed E-state index contributed by atoms with van der Waals surface area (Å²) in [7, 11) is 0. The molecule has 0 aliphatic carbocycles. The summed E-state index contributed by atoms with van der Waals surface area (Å²) in [5.41, 5.74) is 2.41. The van der Waals surface area contributed by atoms with Crippen molar-refractivity contribution in [3.05, 3.63) is 52.9 Å². The molecule has 144 valence electrons. The fourth-order valence-electron chi connectivity index (χ4n) is 4.46. The van der Waals surface area contributed by atoms with Gasteiger partial charge in [0.25, 0.3) is 0 Å². The molecule has 5 rings (SSSR count). The van der Waals surface area contributed by atoms with Gasteiger partial charge in [-0.15, -0.1) is 16.4 Å². The highest BCUT2D eigenvalue weighted by Crippen LogP contribution is 2.40. The van der Waals surface area contributed by atoms with E-state index >= 15 is 0 Å². The maximum atomic E-state index is 5.83. The summed E-state index contributed by atoms with van der Waals surface area (Å²) in [6, 6.07) is 9.76. The summed E-state index contributed by atoms with van der Waals surface area (Å²) in [6.07, 6.45) is 2.76. The maximum Gasteiger partial charge on any atom is 0.189 e. The molecule has 0 saturated heterocycles. The second kappa shape index (κ2) is 5.99. The lowest BCUT2D eigenvalue weighted by Crippen LogP contribution is -3.03. The zero-order chi connectivity index (χ0) is 19.5. The number of ether oxygens (including phenoxy) is 1. The van der Waals surface area contributed by atoms with Crippen molar-refractivity contribution in [2.45, 2.75) is 51.8 Å². The Morgan fingerprint density at radius 3 is 2.75 bits per heavy atom. The van der Waals surface area contributed by atoms with Crippen LogP contribution in [0.1, 0.15) is 44.0 Å². The SMILES string of the molecule is CC1(C)Cc2c(sc3ncn4nc(COc5ccccc5)nc4c23)C(C)(C)[NH2+]1. The van der Waals surface area contributed by atoms with Crippen molar-refractivity contribution in [2.75, 3.05) is 0 Å². The van der Waals surface area contributed by atoms with Crippen LogP contribution in [-0.2, 0) is 18.6 Å². The second-order valence-electron chi connectivity index (χ2n) is 8.76. The first kappa shape index (κ1) is 17.6. The van der Waals surface area contributed by atoms with E-state index in [2.05, 4.69) is 43.1 Å². The van der Waals surface area contributed by atoms with E-state index in [9.17, 15) is 0 Å². The lowest BCUT2D eigenvalue weighted by Gasteiger charge is -2.38. The summed E-state index contributed by atoms with van der Waals surface area (Å²) in [5.74, 6) is 1.48. The van der Waals surface area contributed by atoms with E-state index in [1.807, 2.05) is 30.3 Å². The van der Waals surface area contributed by atoms with E-state index in [4.69, 9.17) is 9.72 Å². The molecule has 2 N–H and O–H groups in total. The third-order valence-corrected chi connectivity index (χ3v) is 6.73. The van der Waals surface area contributed by atoms with Gasteiger partial charge in [-0.05, 0) is 45.4 Å². The largest absolute Gasteiger partial charge is 0.486 e. The average molecular weight is 395 g/mol. The smallest absolute Gasteiger partial charge is 0.189 e. The van der Waals surface area contributed by atoms with E-state index in [0.29, 0.717) is 12.4 Å². The number of quaternary nitrogens is 1. The molecule has 0 spiro atoms. The van der Waals surface area contributed by atoms with Crippen molar-refractivity contribution in [2.24, 2.45) is 0 Å². The predicted molar refractivity (Wildman–Crippen MR) is 110 cm³/mol. The minimum atomic E-state index is 0.0265. The van der Waals surface area contributed by atoms with Gasteiger partial charge in [-0.3, -0.25) is 0 Å². The lowest BCUT2D eigenvalue weighted by molar-refractivity contribution is -0.789. The number of nitrogens with two attached hydrogens (primary N) is 1. The molecular formula is C21H24N5OS+. The first-order valence-corrected chi connectivity index (χ1v) is 10.4. The van der Waals surface area contributed by atoms with Crippen molar-refractivity contribution >= 4 is 27.2 Å². The first-order valence-electron chi connectivity index (χ1n) is 9.53. The highest BCUT2D eigenvalue weighted by Gasteiger charge is 2.43. The molecule has 28 heavy (non-hydrogen) atoms. The van der Waals surface area contributed by atoms with Crippen molar-refractivity contribution < 1.29 is 10.1 Å². The van der Waals surface area contributed by atoms with Crippen LogP contribution in [0, 0.1) is 0 Å². The molecule has 0 amide bonds. The zero-order valence-corrected chi connectivity index (χ0v) is 17.4. The molecule has 1 aliphatic rings. The van der Waals surface area contributed by atoms with Gasteiger partial charge in [0, 0.05) is 6.42 Å². The summed E-state index contributed by atoms with van der Waals surface area (Å²) < 4.78 is 7.62. The second-order valence-corrected chi connectivity index (χ2v) is 9.76. The number of hydrogen-bond donors (Lipinski definition) is 1. The number of rotatable bonds is 3. The molecular weight excluding hydrogens is 370 g/mol. The lowest BCUT2D eigenvalue weighted by atomic mass is 9.82. The third kappa shape index (κ3) is 2.86. The minimum absolute atomic E-state index is 0.0265. The van der Waals surface area contributed by atoms with Crippen molar-refractivity contribution in [1.29, 1.82) is 0 Å². The molecule has 0 unspecified atom stereocenters. The molecule has 6 nitrogen and oxygen atoms in total. The predicted octanol–water partition coefficient (Wildman–Crippen LogP) is 3.05. The van der Waals surface area contributed by atoms with Crippen molar-refractivity contribution in [3.63, 3.8) is 0 Å². The fraction of sp³-hybridized carbons (Fsp3) is 0.381. The van der Waals surface area contributed by atoms with Crippen molar-refractivity contribution in [1.82, 2.24) is 19.6 Å². The molecule has 0 radical (unpaired) electrons. The Balaban J connectivity index is 1.60. The molecule has 0 saturated carbocycles. The van der Waals surface area contributed by atoms with Crippen LogP contribution in [0.5, 0.6) is 5.75 Å². The van der Waals surface area contributed by atoms with Gasteiger partial charge in [0.1, 0.15) is 29.1 Å². The number of benzene rings is 1. The van der Waals surface area contributed by atoms with Crippen LogP contribution >= 0.6 is 11.3 Å². The summed E-state index contributed by atoms with van der Waals surface area (Å²) in [4.78, 5) is 11.9. The number of fused-ring (bicyclic) bond motifs is 5. The highest BCUT2D eigenvalue weighted by molar-refractivity contribution is 7.19. The molecule has 1 aromatic carbocycles. The van der Waals surface area contributed by atoms with Gasteiger partial charge < -0.3 is 10.1 Å². The number of thiophene rings is 1. The van der Waals surface area contributed by atoms with Crippen LogP contribution < -0.4 is 10.1 Å². The number of aromatic nitrogens is 4. The van der Waals surface area contributed by atoms with E-state index in [-0.39, 0.29) is 11.1 Å². The third-order valence-electron chi connectivity index (χ3n) is 5.25. The molecule has 7 heteroatoms. The Morgan fingerprint density at radius 1 is 1.18 bits per heavy atom. The quantitative estimate of drug-likeness (QED) is 0.580. The normalized spacial score (nSPS) is 17.7. The standard InChI is InChI=1S/C21H23N5OS/c1-20(2)10-14-16-18-23-15(11-27-13-8-6-5-7-9-13)24-26(18)12-22-19(16)28-17(14)21(3,4)25-20/h5-9,12,25H,10-11H2,1-4H3/p+1. The molecule has 4 heterocycles. The Morgan fingerprint density at radius 2 is 1.96 bits per heavy atom. The van der Waals surface area contributed by atoms with Crippen LogP contribution in [0.2, 0.25) is 0 Å². The van der Waals surface area contributed by atoms with E-state index in [0.717, 1.165) is 28.0 Å². The molecule has 3 aromatic heterocycles. The number of hydrogen-bond acceptors (Lipinski definition) is 5. The Hall–Kier alpha value is -2.51. The summed E-state index contributed by atoms with van der Waals surface area (Å²) in [5, 5.41) is 8.21. The van der Waals surface area contributed by atoms with Gasteiger partial charge in [0.15, 0.2) is 11.5 Å². The molecule has 4 aromatic rings. The zero-order valence-electron chi connectivity index (χ0n) is 16.6. The maximum absolute atomic E-state index is 5.83. The van der Waals surface area contributed by atoms with E-state index < -0.39 is 0 Å².